The second-order valence-electron chi connectivity index (χ2n) is 5.49. The molecule has 118 valence electrons. The molecule has 0 aromatic heterocycles. The number of aliphatic hydroxyl groups excluding tert-OH is 1. The van der Waals surface area contributed by atoms with Crippen molar-refractivity contribution in [1.29, 1.82) is 0 Å². The van der Waals surface area contributed by atoms with Crippen LogP contribution in [0.5, 0.6) is 11.5 Å². The molecule has 1 aliphatic rings. The van der Waals surface area contributed by atoms with Gasteiger partial charge in [0.25, 0.3) is 0 Å². The van der Waals surface area contributed by atoms with Crippen molar-refractivity contribution >= 4 is 15.9 Å². The topological polar surface area (TPSA) is 41.9 Å². The minimum absolute atomic E-state index is 0.229. The molecule has 2 atom stereocenters. The molecular formula is C16H24BrNO3. The zero-order chi connectivity index (χ0) is 15.4. The lowest BCUT2D eigenvalue weighted by atomic mass is 9.88. The van der Waals surface area contributed by atoms with Gasteiger partial charge in [-0.1, -0.05) is 13.0 Å². The number of benzene rings is 1. The van der Waals surface area contributed by atoms with E-state index in [1.807, 2.05) is 12.1 Å². The lowest BCUT2D eigenvalue weighted by Crippen LogP contribution is -2.43. The summed E-state index contributed by atoms with van der Waals surface area (Å²) in [6.07, 6.45) is 1.45. The van der Waals surface area contributed by atoms with Gasteiger partial charge < -0.3 is 19.5 Å². The highest BCUT2D eigenvalue weighted by molar-refractivity contribution is 9.10. The van der Waals surface area contributed by atoms with Gasteiger partial charge in [0.1, 0.15) is 0 Å². The van der Waals surface area contributed by atoms with Gasteiger partial charge in [-0.15, -0.1) is 0 Å². The van der Waals surface area contributed by atoms with E-state index in [1.165, 1.54) is 0 Å². The second-order valence-corrected chi connectivity index (χ2v) is 6.28. The van der Waals surface area contributed by atoms with Gasteiger partial charge in [0, 0.05) is 19.0 Å². The number of aliphatic hydroxyl groups is 1. The van der Waals surface area contributed by atoms with Crippen LogP contribution in [0.15, 0.2) is 16.6 Å². The molecule has 21 heavy (non-hydrogen) atoms. The van der Waals surface area contributed by atoms with Gasteiger partial charge in [-0.2, -0.15) is 0 Å². The van der Waals surface area contributed by atoms with E-state index in [0.717, 1.165) is 42.5 Å². The number of piperidine rings is 1. The summed E-state index contributed by atoms with van der Waals surface area (Å²) in [5.41, 5.74) is 1.15. The first kappa shape index (κ1) is 16.6. The number of rotatable bonds is 5. The Morgan fingerprint density at radius 1 is 1.33 bits per heavy atom. The molecule has 0 bridgehead atoms. The summed E-state index contributed by atoms with van der Waals surface area (Å²) in [5, 5.41) is 10.3. The number of methoxy groups -OCH3 is 2. The van der Waals surface area contributed by atoms with Crippen LogP contribution < -0.4 is 9.47 Å². The number of likely N-dealkylation sites (tertiary alicyclic amines) is 1. The Hall–Kier alpha value is -0.780. The summed E-state index contributed by atoms with van der Waals surface area (Å²) < 4.78 is 11.6. The average molecular weight is 358 g/mol. The van der Waals surface area contributed by atoms with E-state index in [1.54, 1.807) is 14.2 Å². The lowest BCUT2D eigenvalue weighted by molar-refractivity contribution is 0.0289. The highest BCUT2D eigenvalue weighted by Gasteiger charge is 2.28. The molecule has 1 heterocycles. The van der Waals surface area contributed by atoms with Crippen molar-refractivity contribution in [2.45, 2.75) is 25.9 Å². The second kappa shape index (κ2) is 7.47. The van der Waals surface area contributed by atoms with Crippen molar-refractivity contribution < 1.29 is 14.6 Å². The van der Waals surface area contributed by atoms with Crippen LogP contribution in [0.1, 0.15) is 18.9 Å². The molecule has 1 aromatic rings. The number of hydrogen-bond acceptors (Lipinski definition) is 4. The van der Waals surface area contributed by atoms with Crippen molar-refractivity contribution in [3.63, 3.8) is 0 Å². The lowest BCUT2D eigenvalue weighted by Gasteiger charge is -2.35. The molecule has 1 aromatic carbocycles. The van der Waals surface area contributed by atoms with E-state index in [4.69, 9.17) is 9.47 Å². The predicted octanol–water partition coefficient (Wildman–Crippen LogP) is 2.71. The van der Waals surface area contributed by atoms with Crippen LogP contribution in [-0.2, 0) is 6.42 Å². The largest absolute Gasteiger partial charge is 0.493 e. The molecule has 5 heteroatoms. The molecule has 0 saturated carbocycles. The summed E-state index contributed by atoms with van der Waals surface area (Å²) in [6, 6.07) is 3.97. The molecule has 1 saturated heterocycles. The molecular weight excluding hydrogens is 334 g/mol. The Bertz CT molecular complexity index is 481. The van der Waals surface area contributed by atoms with Crippen molar-refractivity contribution in [2.75, 3.05) is 33.9 Å². The first-order valence-corrected chi connectivity index (χ1v) is 8.19. The van der Waals surface area contributed by atoms with Crippen LogP contribution in [-0.4, -0.2) is 50.0 Å². The van der Waals surface area contributed by atoms with Gasteiger partial charge in [0.2, 0.25) is 0 Å². The summed E-state index contributed by atoms with van der Waals surface area (Å²) >= 11 is 3.61. The fraction of sp³-hybridized carbons (Fsp3) is 0.625. The smallest absolute Gasteiger partial charge is 0.175 e. The molecule has 1 N–H and O–H groups in total. The Labute approximate surface area is 135 Å². The van der Waals surface area contributed by atoms with E-state index >= 15 is 0 Å². The van der Waals surface area contributed by atoms with Gasteiger partial charge in [-0.05, 0) is 46.9 Å². The maximum absolute atomic E-state index is 10.3. The van der Waals surface area contributed by atoms with Crippen LogP contribution in [0.2, 0.25) is 0 Å². The highest BCUT2D eigenvalue weighted by atomic mass is 79.9. The average Bonchev–Trinajstić information content (AvgIpc) is 2.50. The first-order valence-electron chi connectivity index (χ1n) is 7.40. The maximum atomic E-state index is 10.3. The van der Waals surface area contributed by atoms with Gasteiger partial charge in [-0.25, -0.2) is 0 Å². The third-order valence-corrected chi connectivity index (χ3v) is 5.14. The van der Waals surface area contributed by atoms with E-state index in [-0.39, 0.29) is 12.0 Å². The standard InChI is InChI=1S/C16H24BrNO3/c1-4-18-8-7-13(19)12(10-18)9-11-5-6-14(20-2)16(21-3)15(11)17/h5-6,12-13,19H,4,7-10H2,1-3H3. The Morgan fingerprint density at radius 2 is 2.10 bits per heavy atom. The van der Waals surface area contributed by atoms with Crippen LogP contribution in [0.25, 0.3) is 0 Å². The third kappa shape index (κ3) is 3.71. The Morgan fingerprint density at radius 3 is 2.71 bits per heavy atom. The highest BCUT2D eigenvalue weighted by Crippen LogP contribution is 2.39. The molecule has 0 spiro atoms. The quantitative estimate of drug-likeness (QED) is 0.879. The van der Waals surface area contributed by atoms with Crippen molar-refractivity contribution in [3.8, 4) is 11.5 Å². The van der Waals surface area contributed by atoms with Crippen LogP contribution in [0.4, 0.5) is 0 Å². The van der Waals surface area contributed by atoms with Crippen molar-refractivity contribution in [1.82, 2.24) is 4.90 Å². The monoisotopic (exact) mass is 357 g/mol. The molecule has 0 aliphatic carbocycles. The summed E-state index contributed by atoms with van der Waals surface area (Å²) in [6.45, 7) is 5.14. The number of hydrogen-bond donors (Lipinski definition) is 1. The fourth-order valence-corrected chi connectivity index (χ4v) is 3.60. The van der Waals surface area contributed by atoms with Gasteiger partial charge in [-0.3, -0.25) is 0 Å². The minimum Gasteiger partial charge on any atom is -0.493 e. The molecule has 4 nitrogen and oxygen atoms in total. The van der Waals surface area contributed by atoms with Gasteiger partial charge in [0.05, 0.1) is 24.8 Å². The van der Waals surface area contributed by atoms with Crippen LogP contribution in [0, 0.1) is 5.92 Å². The normalized spacial score (nSPS) is 23.1. The van der Waals surface area contributed by atoms with E-state index in [9.17, 15) is 5.11 Å². The summed E-state index contributed by atoms with van der Waals surface area (Å²) in [4.78, 5) is 2.39. The fourth-order valence-electron chi connectivity index (χ4n) is 2.95. The number of nitrogens with zero attached hydrogens (tertiary/aromatic N) is 1. The van der Waals surface area contributed by atoms with Gasteiger partial charge >= 0.3 is 0 Å². The zero-order valence-corrected chi connectivity index (χ0v) is 14.5. The maximum Gasteiger partial charge on any atom is 0.175 e. The van der Waals surface area contributed by atoms with Crippen molar-refractivity contribution in [2.24, 2.45) is 5.92 Å². The van der Waals surface area contributed by atoms with Crippen LogP contribution in [0.3, 0.4) is 0 Å². The first-order chi connectivity index (χ1) is 10.1. The third-order valence-electron chi connectivity index (χ3n) is 4.27. The molecule has 0 amide bonds. The molecule has 0 radical (unpaired) electrons. The number of ether oxygens (including phenoxy) is 2. The Kier molecular flexibility index (Phi) is 5.90. The van der Waals surface area contributed by atoms with Crippen molar-refractivity contribution in [3.05, 3.63) is 22.2 Å². The molecule has 1 aliphatic heterocycles. The van der Waals surface area contributed by atoms with E-state index in [2.05, 4.69) is 27.8 Å². The zero-order valence-electron chi connectivity index (χ0n) is 12.9. The van der Waals surface area contributed by atoms with E-state index < -0.39 is 0 Å². The minimum atomic E-state index is -0.229. The molecule has 1 fully saturated rings. The van der Waals surface area contributed by atoms with Gasteiger partial charge in [0.15, 0.2) is 11.5 Å². The summed E-state index contributed by atoms with van der Waals surface area (Å²) in [7, 11) is 3.27. The predicted molar refractivity (Wildman–Crippen MR) is 87.2 cm³/mol. The van der Waals surface area contributed by atoms with Crippen LogP contribution >= 0.6 is 15.9 Å². The molecule has 2 unspecified atom stereocenters. The molecule has 2 rings (SSSR count). The number of halogens is 1. The summed E-state index contributed by atoms with van der Waals surface area (Å²) in [5.74, 6) is 1.69. The van der Waals surface area contributed by atoms with E-state index in [0.29, 0.717) is 11.5 Å². The Balaban J connectivity index is 2.18. The SMILES string of the molecule is CCN1CCC(O)C(Cc2ccc(OC)c(OC)c2Br)C1.